The van der Waals surface area contributed by atoms with Crippen molar-refractivity contribution in [3.05, 3.63) is 38.8 Å². The predicted molar refractivity (Wildman–Crippen MR) is 111 cm³/mol. The van der Waals surface area contributed by atoms with Crippen LogP contribution < -0.4 is 4.90 Å². The molecular formula is C18H19N3O5S2. The summed E-state index contributed by atoms with van der Waals surface area (Å²) < 4.78 is 0.366. The van der Waals surface area contributed by atoms with Crippen LogP contribution in [-0.2, 0) is 9.59 Å². The van der Waals surface area contributed by atoms with Crippen molar-refractivity contribution >= 4 is 57.6 Å². The van der Waals surface area contributed by atoms with Crippen LogP contribution in [0.3, 0.4) is 0 Å². The van der Waals surface area contributed by atoms with Gasteiger partial charge in [-0.3, -0.25) is 24.6 Å². The first-order valence-electron chi connectivity index (χ1n) is 8.87. The predicted octanol–water partition coefficient (Wildman–Crippen LogP) is 3.26. The van der Waals surface area contributed by atoms with E-state index in [0.717, 1.165) is 37.7 Å². The van der Waals surface area contributed by atoms with E-state index in [1.165, 1.54) is 11.0 Å². The van der Waals surface area contributed by atoms with E-state index in [9.17, 15) is 19.7 Å². The maximum Gasteiger partial charge on any atom is 0.303 e. The van der Waals surface area contributed by atoms with Gasteiger partial charge in [-0.05, 0) is 37.0 Å². The highest BCUT2D eigenvalue weighted by Gasteiger charge is 2.32. The second kappa shape index (κ2) is 8.70. The average Bonchev–Trinajstić information content (AvgIpc) is 3.26. The number of anilines is 1. The molecule has 10 heteroatoms. The summed E-state index contributed by atoms with van der Waals surface area (Å²) in [5.41, 5.74) is 1.18. The molecule has 2 saturated heterocycles. The van der Waals surface area contributed by atoms with Crippen molar-refractivity contribution in [1.82, 2.24) is 4.90 Å². The van der Waals surface area contributed by atoms with Crippen LogP contribution in [0.15, 0.2) is 23.1 Å². The number of nitro benzene ring substituents is 1. The second-order valence-corrected chi connectivity index (χ2v) is 8.21. The number of nitro groups is 1. The lowest BCUT2D eigenvalue weighted by Gasteiger charge is -2.17. The van der Waals surface area contributed by atoms with Gasteiger partial charge in [0.1, 0.15) is 10.0 Å². The maximum atomic E-state index is 12.6. The van der Waals surface area contributed by atoms with E-state index in [1.54, 1.807) is 18.2 Å². The Kier molecular flexibility index (Phi) is 6.30. The molecule has 0 bridgehead atoms. The number of benzene rings is 1. The lowest BCUT2D eigenvalue weighted by Crippen LogP contribution is -2.29. The molecule has 28 heavy (non-hydrogen) atoms. The summed E-state index contributed by atoms with van der Waals surface area (Å²) in [6.45, 7) is 1.84. The van der Waals surface area contributed by atoms with E-state index in [0.29, 0.717) is 26.9 Å². The van der Waals surface area contributed by atoms with Gasteiger partial charge in [0.25, 0.3) is 11.6 Å². The number of carbonyl (C=O) groups excluding carboxylic acids is 1. The average molecular weight is 422 g/mol. The Morgan fingerprint density at radius 1 is 1.36 bits per heavy atom. The van der Waals surface area contributed by atoms with Crippen molar-refractivity contribution in [2.45, 2.75) is 25.7 Å². The summed E-state index contributed by atoms with van der Waals surface area (Å²) in [5, 5.41) is 20.2. The number of thiocarbonyl (C=S) groups is 1. The number of carbonyl (C=O) groups is 2. The number of carboxylic acid groups (broad SMARTS) is 1. The molecule has 0 aliphatic carbocycles. The molecule has 1 N–H and O–H groups in total. The topological polar surface area (TPSA) is 104 Å². The quantitative estimate of drug-likeness (QED) is 0.310. The van der Waals surface area contributed by atoms with E-state index in [1.807, 2.05) is 4.90 Å². The number of amides is 1. The van der Waals surface area contributed by atoms with Crippen LogP contribution in [0.5, 0.6) is 0 Å². The molecule has 8 nitrogen and oxygen atoms in total. The summed E-state index contributed by atoms with van der Waals surface area (Å²) in [6.07, 6.45) is 3.90. The molecule has 2 heterocycles. The van der Waals surface area contributed by atoms with E-state index < -0.39 is 10.9 Å². The van der Waals surface area contributed by atoms with Crippen LogP contribution in [0.1, 0.15) is 31.2 Å². The van der Waals surface area contributed by atoms with Crippen LogP contribution in [0.2, 0.25) is 0 Å². The second-order valence-electron chi connectivity index (χ2n) is 6.53. The zero-order valence-corrected chi connectivity index (χ0v) is 16.6. The summed E-state index contributed by atoms with van der Waals surface area (Å²) in [7, 11) is 0. The normalized spacial score (nSPS) is 18.4. The molecule has 0 unspecified atom stereocenters. The molecule has 0 saturated carbocycles. The minimum atomic E-state index is -0.925. The van der Waals surface area contributed by atoms with Crippen LogP contribution in [-0.4, -0.2) is 50.8 Å². The minimum absolute atomic E-state index is 0.0209. The Hall–Kier alpha value is -2.46. The molecule has 0 radical (unpaired) electrons. The van der Waals surface area contributed by atoms with Crippen molar-refractivity contribution < 1.29 is 19.6 Å². The first-order valence-corrected chi connectivity index (χ1v) is 10.1. The molecule has 2 aliphatic rings. The molecule has 0 spiro atoms. The Morgan fingerprint density at radius 3 is 2.71 bits per heavy atom. The Bertz CT molecular complexity index is 865. The fourth-order valence-corrected chi connectivity index (χ4v) is 4.54. The van der Waals surface area contributed by atoms with Crippen molar-refractivity contribution in [3.8, 4) is 0 Å². The Balaban J connectivity index is 1.80. The van der Waals surface area contributed by atoms with Gasteiger partial charge in [-0.25, -0.2) is 0 Å². The first-order chi connectivity index (χ1) is 13.4. The molecule has 1 amide bonds. The summed E-state index contributed by atoms with van der Waals surface area (Å²) in [5.74, 6) is -1.22. The van der Waals surface area contributed by atoms with Gasteiger partial charge >= 0.3 is 5.97 Å². The molecular weight excluding hydrogens is 402 g/mol. The molecule has 2 aliphatic heterocycles. The lowest BCUT2D eigenvalue weighted by atomic mass is 10.1. The number of hydrogen-bond donors (Lipinski definition) is 1. The zero-order valence-electron chi connectivity index (χ0n) is 15.0. The van der Waals surface area contributed by atoms with Crippen molar-refractivity contribution in [2.24, 2.45) is 0 Å². The number of aliphatic carboxylic acids is 1. The lowest BCUT2D eigenvalue weighted by molar-refractivity contribution is -0.384. The third-order valence-corrected chi connectivity index (χ3v) is 5.96. The molecule has 1 aromatic carbocycles. The fourth-order valence-electron chi connectivity index (χ4n) is 3.23. The van der Waals surface area contributed by atoms with Crippen molar-refractivity contribution in [2.75, 3.05) is 24.5 Å². The molecule has 1 aromatic rings. The highest BCUT2D eigenvalue weighted by Crippen LogP contribution is 2.35. The van der Waals surface area contributed by atoms with Gasteiger partial charge in [-0.2, -0.15) is 0 Å². The van der Waals surface area contributed by atoms with Crippen LogP contribution in [0.25, 0.3) is 6.08 Å². The number of nitrogens with zero attached hydrogens (tertiary/aromatic N) is 3. The van der Waals surface area contributed by atoms with Gasteiger partial charge in [0.2, 0.25) is 0 Å². The third kappa shape index (κ3) is 4.50. The summed E-state index contributed by atoms with van der Waals surface area (Å²) in [6, 6.07) is 4.96. The molecule has 148 valence electrons. The Labute approximate surface area is 171 Å². The maximum absolute atomic E-state index is 12.6. The fraction of sp³-hybridized carbons (Fsp3) is 0.389. The van der Waals surface area contributed by atoms with E-state index in [4.69, 9.17) is 17.3 Å². The minimum Gasteiger partial charge on any atom is -0.481 e. The highest BCUT2D eigenvalue weighted by atomic mass is 32.2. The van der Waals surface area contributed by atoms with E-state index >= 15 is 0 Å². The molecule has 2 fully saturated rings. The van der Waals surface area contributed by atoms with Gasteiger partial charge in [-0.1, -0.05) is 30.0 Å². The summed E-state index contributed by atoms with van der Waals surface area (Å²) in [4.78, 5) is 38.1. The molecule has 0 atom stereocenters. The van der Waals surface area contributed by atoms with E-state index in [2.05, 4.69) is 0 Å². The standard InChI is InChI=1S/C18H19N3O5S2/c22-16(23)4-3-9-20-17(24)15(28-18(20)27)11-12-5-6-13(14(10-12)21(25)26)19-7-1-2-8-19/h5-6,10-11H,1-4,7-9H2,(H,22,23). The number of rotatable bonds is 7. The Morgan fingerprint density at radius 2 is 2.07 bits per heavy atom. The van der Waals surface area contributed by atoms with Gasteiger partial charge in [-0.15, -0.1) is 0 Å². The monoisotopic (exact) mass is 421 g/mol. The van der Waals surface area contributed by atoms with E-state index in [-0.39, 0.29) is 24.6 Å². The molecule has 3 rings (SSSR count). The van der Waals surface area contributed by atoms with Gasteiger partial charge in [0.05, 0.1) is 9.83 Å². The number of thioether (sulfide) groups is 1. The third-order valence-electron chi connectivity index (χ3n) is 4.59. The smallest absolute Gasteiger partial charge is 0.303 e. The first kappa shape index (κ1) is 20.3. The van der Waals surface area contributed by atoms with Crippen LogP contribution in [0.4, 0.5) is 11.4 Å². The number of carboxylic acids is 1. The SMILES string of the molecule is O=C(O)CCCN1C(=O)C(=Cc2ccc(N3CCCC3)c([N+](=O)[O-])c2)SC1=S. The number of hydrogen-bond acceptors (Lipinski definition) is 7. The zero-order chi connectivity index (χ0) is 20.3. The molecule has 0 aromatic heterocycles. The van der Waals surface area contributed by atoms with Gasteiger partial charge < -0.3 is 10.0 Å². The van der Waals surface area contributed by atoms with Crippen molar-refractivity contribution in [3.63, 3.8) is 0 Å². The van der Waals surface area contributed by atoms with Crippen molar-refractivity contribution in [1.29, 1.82) is 0 Å². The highest BCUT2D eigenvalue weighted by molar-refractivity contribution is 8.26. The summed E-state index contributed by atoms with van der Waals surface area (Å²) >= 11 is 6.34. The largest absolute Gasteiger partial charge is 0.481 e. The van der Waals surface area contributed by atoms with Crippen LogP contribution in [0, 0.1) is 10.1 Å². The van der Waals surface area contributed by atoms with Crippen LogP contribution >= 0.6 is 24.0 Å². The van der Waals surface area contributed by atoms with Gasteiger partial charge in [0, 0.05) is 32.1 Å². The van der Waals surface area contributed by atoms with Gasteiger partial charge in [0.15, 0.2) is 0 Å².